The lowest BCUT2D eigenvalue weighted by Gasteiger charge is -2.15. The molecule has 9 aromatic carbocycles. The quantitative estimate of drug-likeness (QED) is 0.171. The molecule has 3 aromatic heterocycles. The van der Waals surface area contributed by atoms with Crippen LogP contribution in [0.25, 0.3) is 116 Å². The monoisotopic (exact) mass is 713 g/mol. The van der Waals surface area contributed by atoms with E-state index in [1.807, 2.05) is 6.07 Å². The fourth-order valence-electron chi connectivity index (χ4n) is 8.96. The minimum atomic E-state index is 0.587. The molecule has 12 aromatic rings. The van der Waals surface area contributed by atoms with Crippen molar-refractivity contribution < 1.29 is 4.42 Å². The molecule has 0 aliphatic carbocycles. The van der Waals surface area contributed by atoms with Crippen molar-refractivity contribution >= 4 is 76.1 Å². The van der Waals surface area contributed by atoms with Gasteiger partial charge in [-0.15, -0.1) is 0 Å². The normalized spacial score (nSPS) is 11.9. The standard InChI is InChI=1S/C52H31N3O/c1-3-16-32(17-4-1)34-20-15-21-35(30-34)43-31-42(33-18-5-2-6-19-33)53-52(54-43)55-44-28-13-11-26-40(44)48-46-38-24-9-7-22-36(38)37-23-8-10-25-39(37)47(46)49-41-27-12-14-29-45(41)56-51(49)50(48)55/h1-31H. The SMILES string of the molecule is c1ccc(-c2cccc(-c3cc(-c4ccccc4)nc(-n4c5ccccc5c5c6c7ccccc7c7ccccc7c6c6c7ccccc7oc6c54)n3)c2)cc1. The molecule has 4 heteroatoms. The average molecular weight is 714 g/mol. The molecule has 0 saturated carbocycles. The predicted octanol–water partition coefficient (Wildman–Crippen LogP) is 13.9. The van der Waals surface area contributed by atoms with Crippen molar-refractivity contribution in [2.45, 2.75) is 0 Å². The van der Waals surface area contributed by atoms with Crippen LogP contribution in [0.4, 0.5) is 0 Å². The second-order valence-corrected chi connectivity index (χ2v) is 14.5. The third kappa shape index (κ3) is 4.47. The molecule has 4 nitrogen and oxygen atoms in total. The topological polar surface area (TPSA) is 43.9 Å². The summed E-state index contributed by atoms with van der Waals surface area (Å²) in [6.45, 7) is 0. The summed E-state index contributed by atoms with van der Waals surface area (Å²) >= 11 is 0. The number of hydrogen-bond acceptors (Lipinski definition) is 3. The zero-order valence-corrected chi connectivity index (χ0v) is 30.1. The maximum atomic E-state index is 7.04. The molecule has 0 unspecified atom stereocenters. The van der Waals surface area contributed by atoms with Gasteiger partial charge in [-0.2, -0.15) is 0 Å². The third-order valence-corrected chi connectivity index (χ3v) is 11.4. The molecule has 0 spiro atoms. The number of benzene rings is 9. The molecule has 0 aliphatic rings. The minimum Gasteiger partial charge on any atom is -0.454 e. The summed E-state index contributed by atoms with van der Waals surface area (Å²) in [4.78, 5) is 10.9. The van der Waals surface area contributed by atoms with Crippen molar-refractivity contribution in [1.82, 2.24) is 14.5 Å². The Morgan fingerprint density at radius 1 is 0.357 bits per heavy atom. The maximum absolute atomic E-state index is 7.04. The smallest absolute Gasteiger partial charge is 0.235 e. The highest BCUT2D eigenvalue weighted by Gasteiger charge is 2.27. The van der Waals surface area contributed by atoms with Crippen LogP contribution in [0.5, 0.6) is 0 Å². The van der Waals surface area contributed by atoms with Gasteiger partial charge in [-0.05, 0) is 56.9 Å². The van der Waals surface area contributed by atoms with Gasteiger partial charge in [0.2, 0.25) is 5.95 Å². The molecular formula is C52H31N3O. The Bertz CT molecular complexity index is 3530. The molecule has 12 rings (SSSR count). The maximum Gasteiger partial charge on any atom is 0.235 e. The summed E-state index contributed by atoms with van der Waals surface area (Å²) < 4.78 is 9.29. The van der Waals surface area contributed by atoms with E-state index in [9.17, 15) is 0 Å². The summed E-state index contributed by atoms with van der Waals surface area (Å²) in [5, 5.41) is 11.7. The Kier molecular flexibility index (Phi) is 6.60. The van der Waals surface area contributed by atoms with Crippen LogP contribution in [0.2, 0.25) is 0 Å². The lowest BCUT2D eigenvalue weighted by atomic mass is 9.89. The van der Waals surface area contributed by atoms with Gasteiger partial charge in [-0.25, -0.2) is 9.97 Å². The van der Waals surface area contributed by atoms with Gasteiger partial charge >= 0.3 is 0 Å². The molecular weight excluding hydrogens is 683 g/mol. The van der Waals surface area contributed by atoms with Gasteiger partial charge < -0.3 is 4.42 Å². The molecule has 3 heterocycles. The van der Waals surface area contributed by atoms with Crippen molar-refractivity contribution in [2.75, 3.05) is 0 Å². The van der Waals surface area contributed by atoms with Crippen LogP contribution >= 0.6 is 0 Å². The Morgan fingerprint density at radius 2 is 0.875 bits per heavy atom. The lowest BCUT2D eigenvalue weighted by molar-refractivity contribution is 0.671. The van der Waals surface area contributed by atoms with Gasteiger partial charge in [0.05, 0.1) is 16.9 Å². The van der Waals surface area contributed by atoms with Crippen LogP contribution in [-0.2, 0) is 0 Å². The van der Waals surface area contributed by atoms with E-state index < -0.39 is 0 Å². The summed E-state index contributed by atoms with van der Waals surface area (Å²) in [5.74, 6) is 0.587. The number of rotatable bonds is 4. The summed E-state index contributed by atoms with van der Waals surface area (Å²) in [6, 6.07) is 66.3. The molecule has 0 bridgehead atoms. The second-order valence-electron chi connectivity index (χ2n) is 14.5. The van der Waals surface area contributed by atoms with Crippen LogP contribution < -0.4 is 0 Å². The van der Waals surface area contributed by atoms with Gasteiger partial charge in [-0.3, -0.25) is 4.57 Å². The fourth-order valence-corrected chi connectivity index (χ4v) is 8.96. The Labute approximate surface area is 321 Å². The van der Waals surface area contributed by atoms with Crippen LogP contribution in [0.15, 0.2) is 192 Å². The van der Waals surface area contributed by atoms with Gasteiger partial charge in [0, 0.05) is 43.4 Å². The van der Waals surface area contributed by atoms with Crippen LogP contribution in [0, 0.1) is 0 Å². The molecule has 260 valence electrons. The lowest BCUT2D eigenvalue weighted by Crippen LogP contribution is -2.04. The van der Waals surface area contributed by atoms with E-state index in [1.165, 1.54) is 32.3 Å². The van der Waals surface area contributed by atoms with Crippen molar-refractivity contribution in [1.29, 1.82) is 0 Å². The minimum absolute atomic E-state index is 0.587. The number of fused-ring (bicyclic) bond motifs is 15. The van der Waals surface area contributed by atoms with E-state index in [0.717, 1.165) is 77.4 Å². The van der Waals surface area contributed by atoms with Gasteiger partial charge in [0.15, 0.2) is 5.58 Å². The fraction of sp³-hybridized carbons (Fsp3) is 0. The molecule has 0 amide bonds. The van der Waals surface area contributed by atoms with Gasteiger partial charge in [-0.1, -0.05) is 164 Å². The summed E-state index contributed by atoms with van der Waals surface area (Å²) in [6.07, 6.45) is 0. The van der Waals surface area contributed by atoms with E-state index in [-0.39, 0.29) is 0 Å². The van der Waals surface area contributed by atoms with E-state index >= 15 is 0 Å². The highest BCUT2D eigenvalue weighted by molar-refractivity contribution is 6.44. The molecule has 0 radical (unpaired) electrons. The van der Waals surface area contributed by atoms with Gasteiger partial charge in [0.25, 0.3) is 0 Å². The largest absolute Gasteiger partial charge is 0.454 e. The Hall–Kier alpha value is -7.56. The van der Waals surface area contributed by atoms with Gasteiger partial charge in [0.1, 0.15) is 11.1 Å². The number of para-hydroxylation sites is 2. The predicted molar refractivity (Wildman–Crippen MR) is 232 cm³/mol. The number of hydrogen-bond donors (Lipinski definition) is 0. The zero-order valence-electron chi connectivity index (χ0n) is 30.1. The van der Waals surface area contributed by atoms with Crippen molar-refractivity contribution in [3.8, 4) is 39.6 Å². The van der Waals surface area contributed by atoms with E-state index in [1.54, 1.807) is 0 Å². The molecule has 0 aliphatic heterocycles. The highest BCUT2D eigenvalue weighted by Crippen LogP contribution is 2.50. The van der Waals surface area contributed by atoms with Crippen LogP contribution in [-0.4, -0.2) is 14.5 Å². The zero-order chi connectivity index (χ0) is 36.7. The molecule has 0 saturated heterocycles. The molecule has 0 fully saturated rings. The van der Waals surface area contributed by atoms with Crippen molar-refractivity contribution in [2.24, 2.45) is 0 Å². The first-order chi connectivity index (χ1) is 27.8. The van der Waals surface area contributed by atoms with Crippen molar-refractivity contribution in [3.63, 3.8) is 0 Å². The first-order valence-electron chi connectivity index (χ1n) is 19.0. The first kappa shape index (κ1) is 30.9. The van der Waals surface area contributed by atoms with E-state index in [4.69, 9.17) is 14.4 Å². The summed E-state index contributed by atoms with van der Waals surface area (Å²) in [7, 11) is 0. The van der Waals surface area contributed by atoms with E-state index in [0.29, 0.717) is 5.95 Å². The van der Waals surface area contributed by atoms with Crippen molar-refractivity contribution in [3.05, 3.63) is 188 Å². The average Bonchev–Trinajstić information content (AvgIpc) is 3.84. The Morgan fingerprint density at radius 3 is 1.59 bits per heavy atom. The Balaban J connectivity index is 1.28. The number of aromatic nitrogens is 3. The second kappa shape index (κ2) is 12.0. The van der Waals surface area contributed by atoms with E-state index in [2.05, 4.69) is 187 Å². The molecule has 0 N–H and O–H groups in total. The third-order valence-electron chi connectivity index (χ3n) is 11.4. The van der Waals surface area contributed by atoms with Crippen LogP contribution in [0.3, 0.4) is 0 Å². The summed E-state index contributed by atoms with van der Waals surface area (Å²) in [5.41, 5.74) is 9.68. The molecule has 0 atom stereocenters. The first-order valence-corrected chi connectivity index (χ1v) is 19.0. The van der Waals surface area contributed by atoms with Crippen LogP contribution in [0.1, 0.15) is 0 Å². The molecule has 56 heavy (non-hydrogen) atoms. The highest BCUT2D eigenvalue weighted by atomic mass is 16.3. The number of nitrogens with zero attached hydrogens (tertiary/aromatic N) is 3. The number of furan rings is 1.